The summed E-state index contributed by atoms with van der Waals surface area (Å²) in [6, 6.07) is 2.03. The number of rotatable bonds is 4. The number of aromatic nitrogens is 2. The van der Waals surface area contributed by atoms with Crippen molar-refractivity contribution in [2.24, 2.45) is 5.73 Å². The van der Waals surface area contributed by atoms with Gasteiger partial charge in [0.05, 0.1) is 14.2 Å². The Morgan fingerprint density at radius 1 is 1.44 bits per heavy atom. The van der Waals surface area contributed by atoms with Crippen molar-refractivity contribution in [2.75, 3.05) is 0 Å². The number of thiophene rings is 1. The first kappa shape index (κ1) is 13.7. The van der Waals surface area contributed by atoms with Gasteiger partial charge in [0, 0.05) is 0 Å². The molecule has 0 bridgehead atoms. The van der Waals surface area contributed by atoms with Gasteiger partial charge in [-0.05, 0) is 47.3 Å². The van der Waals surface area contributed by atoms with Gasteiger partial charge >= 0.3 is 0 Å². The van der Waals surface area contributed by atoms with Crippen LogP contribution in [-0.2, 0) is 5.54 Å². The lowest BCUT2D eigenvalue weighted by atomic mass is 9.93. The van der Waals surface area contributed by atoms with Crippen LogP contribution in [0.2, 0.25) is 0 Å². The van der Waals surface area contributed by atoms with Crippen molar-refractivity contribution < 1.29 is 4.52 Å². The standard InChI is InChI=1S/C12H16BrN3OS/c1-4-12(14,5-2)11-15-10(17-16-11)8-6-7(3)9(13)18-8/h6H,4-5,14H2,1-3H3. The zero-order valence-corrected chi connectivity index (χ0v) is 13.1. The van der Waals surface area contributed by atoms with Crippen molar-refractivity contribution in [2.45, 2.75) is 39.2 Å². The van der Waals surface area contributed by atoms with E-state index in [0.717, 1.165) is 21.5 Å². The van der Waals surface area contributed by atoms with Crippen LogP contribution in [0, 0.1) is 6.92 Å². The van der Waals surface area contributed by atoms with Gasteiger partial charge in [0.1, 0.15) is 0 Å². The number of hydrogen-bond donors (Lipinski definition) is 1. The Bertz CT molecular complexity index is 526. The highest BCUT2D eigenvalue weighted by molar-refractivity contribution is 9.11. The second kappa shape index (κ2) is 5.11. The molecule has 0 unspecified atom stereocenters. The van der Waals surface area contributed by atoms with Crippen LogP contribution in [0.3, 0.4) is 0 Å². The van der Waals surface area contributed by atoms with Crippen molar-refractivity contribution in [3.8, 4) is 10.8 Å². The zero-order valence-electron chi connectivity index (χ0n) is 10.7. The Morgan fingerprint density at radius 2 is 2.11 bits per heavy atom. The van der Waals surface area contributed by atoms with E-state index in [2.05, 4.69) is 26.1 Å². The van der Waals surface area contributed by atoms with Gasteiger partial charge in [0.2, 0.25) is 0 Å². The largest absolute Gasteiger partial charge is 0.333 e. The molecule has 2 aromatic rings. The molecule has 2 heterocycles. The van der Waals surface area contributed by atoms with Gasteiger partial charge in [-0.25, -0.2) is 0 Å². The molecule has 2 N–H and O–H groups in total. The number of halogens is 1. The maximum atomic E-state index is 6.25. The minimum absolute atomic E-state index is 0.495. The summed E-state index contributed by atoms with van der Waals surface area (Å²) in [5.41, 5.74) is 6.93. The molecule has 0 atom stereocenters. The average Bonchev–Trinajstić information content (AvgIpc) is 2.97. The number of nitrogens with zero attached hydrogens (tertiary/aromatic N) is 2. The van der Waals surface area contributed by atoms with Gasteiger partial charge < -0.3 is 10.3 Å². The van der Waals surface area contributed by atoms with E-state index in [1.54, 1.807) is 11.3 Å². The Labute approximate surface area is 119 Å². The van der Waals surface area contributed by atoms with Crippen LogP contribution in [0.4, 0.5) is 0 Å². The van der Waals surface area contributed by atoms with E-state index < -0.39 is 5.54 Å². The lowest BCUT2D eigenvalue weighted by Crippen LogP contribution is -2.36. The Kier molecular flexibility index (Phi) is 3.89. The fourth-order valence-corrected chi connectivity index (χ4v) is 3.11. The van der Waals surface area contributed by atoms with E-state index >= 15 is 0 Å². The lowest BCUT2D eigenvalue weighted by molar-refractivity contribution is 0.350. The lowest BCUT2D eigenvalue weighted by Gasteiger charge is -2.21. The van der Waals surface area contributed by atoms with Crippen LogP contribution in [0.15, 0.2) is 14.4 Å². The molecule has 0 aliphatic carbocycles. The van der Waals surface area contributed by atoms with Gasteiger partial charge in [-0.15, -0.1) is 11.3 Å². The molecule has 0 aliphatic heterocycles. The number of aryl methyl sites for hydroxylation is 1. The summed E-state index contributed by atoms with van der Waals surface area (Å²) < 4.78 is 6.40. The van der Waals surface area contributed by atoms with E-state index in [-0.39, 0.29) is 0 Å². The third kappa shape index (κ3) is 2.37. The molecule has 4 nitrogen and oxygen atoms in total. The number of nitrogens with two attached hydrogens (primary N) is 1. The van der Waals surface area contributed by atoms with Crippen molar-refractivity contribution >= 4 is 27.3 Å². The predicted octanol–water partition coefficient (Wildman–Crippen LogP) is 3.84. The van der Waals surface area contributed by atoms with E-state index in [1.807, 2.05) is 26.8 Å². The van der Waals surface area contributed by atoms with Gasteiger partial charge in [0.25, 0.3) is 5.89 Å². The highest BCUT2D eigenvalue weighted by atomic mass is 79.9. The first-order valence-corrected chi connectivity index (χ1v) is 7.50. The Morgan fingerprint density at radius 3 is 2.61 bits per heavy atom. The highest BCUT2D eigenvalue weighted by Crippen LogP contribution is 2.34. The first-order chi connectivity index (χ1) is 8.50. The van der Waals surface area contributed by atoms with Crippen LogP contribution >= 0.6 is 27.3 Å². The first-order valence-electron chi connectivity index (χ1n) is 5.89. The maximum Gasteiger partial charge on any atom is 0.268 e. The van der Waals surface area contributed by atoms with Crippen molar-refractivity contribution in [1.29, 1.82) is 0 Å². The molecule has 6 heteroatoms. The molecule has 0 aromatic carbocycles. The molecular formula is C12H16BrN3OS. The molecule has 0 saturated carbocycles. The molecule has 0 saturated heterocycles. The molecule has 0 aliphatic rings. The Balaban J connectivity index is 2.36. The second-order valence-corrected chi connectivity index (χ2v) is 6.72. The fourth-order valence-electron chi connectivity index (χ4n) is 1.66. The van der Waals surface area contributed by atoms with Crippen LogP contribution in [-0.4, -0.2) is 10.1 Å². The molecule has 2 rings (SSSR count). The maximum absolute atomic E-state index is 6.25. The summed E-state index contributed by atoms with van der Waals surface area (Å²) in [4.78, 5) is 5.40. The molecular weight excluding hydrogens is 314 g/mol. The average molecular weight is 330 g/mol. The monoisotopic (exact) mass is 329 g/mol. The van der Waals surface area contributed by atoms with E-state index in [1.165, 1.54) is 5.56 Å². The normalized spacial score (nSPS) is 12.1. The molecule has 98 valence electrons. The minimum atomic E-state index is -0.495. The van der Waals surface area contributed by atoms with Gasteiger partial charge in [-0.3, -0.25) is 0 Å². The van der Waals surface area contributed by atoms with Crippen molar-refractivity contribution in [3.05, 3.63) is 21.2 Å². The third-order valence-electron chi connectivity index (χ3n) is 3.20. The quantitative estimate of drug-likeness (QED) is 0.925. The molecule has 0 amide bonds. The van der Waals surface area contributed by atoms with Gasteiger partial charge in [0.15, 0.2) is 5.82 Å². The summed E-state index contributed by atoms with van der Waals surface area (Å²) in [5, 5.41) is 4.03. The molecule has 2 aromatic heterocycles. The van der Waals surface area contributed by atoms with E-state index in [4.69, 9.17) is 10.3 Å². The highest BCUT2D eigenvalue weighted by Gasteiger charge is 2.29. The summed E-state index contributed by atoms with van der Waals surface area (Å²) in [6.07, 6.45) is 1.57. The third-order valence-corrected chi connectivity index (χ3v) is 5.33. The molecule has 0 radical (unpaired) electrons. The summed E-state index contributed by atoms with van der Waals surface area (Å²) >= 11 is 5.08. The molecule has 0 spiro atoms. The fraction of sp³-hybridized carbons (Fsp3) is 0.500. The topological polar surface area (TPSA) is 64.9 Å². The van der Waals surface area contributed by atoms with Crippen LogP contribution in [0.25, 0.3) is 10.8 Å². The summed E-state index contributed by atoms with van der Waals surface area (Å²) in [7, 11) is 0. The van der Waals surface area contributed by atoms with Crippen LogP contribution in [0.1, 0.15) is 38.1 Å². The predicted molar refractivity (Wildman–Crippen MR) is 76.5 cm³/mol. The van der Waals surface area contributed by atoms with Crippen molar-refractivity contribution in [3.63, 3.8) is 0 Å². The van der Waals surface area contributed by atoms with Crippen LogP contribution in [0.5, 0.6) is 0 Å². The van der Waals surface area contributed by atoms with Crippen molar-refractivity contribution in [1.82, 2.24) is 10.1 Å². The molecule has 18 heavy (non-hydrogen) atoms. The smallest absolute Gasteiger partial charge is 0.268 e. The SMILES string of the molecule is CCC(N)(CC)c1noc(-c2cc(C)c(Br)s2)n1. The van der Waals surface area contributed by atoms with E-state index in [9.17, 15) is 0 Å². The number of hydrogen-bond acceptors (Lipinski definition) is 5. The van der Waals surface area contributed by atoms with Gasteiger partial charge in [-0.2, -0.15) is 4.98 Å². The zero-order chi connectivity index (χ0) is 13.3. The van der Waals surface area contributed by atoms with E-state index in [0.29, 0.717) is 11.7 Å². The van der Waals surface area contributed by atoms with Gasteiger partial charge in [-0.1, -0.05) is 19.0 Å². The van der Waals surface area contributed by atoms with Crippen LogP contribution < -0.4 is 5.73 Å². The summed E-state index contributed by atoms with van der Waals surface area (Å²) in [5.74, 6) is 1.13. The second-order valence-electron chi connectivity index (χ2n) is 4.35. The Hall–Kier alpha value is -0.720. The minimum Gasteiger partial charge on any atom is -0.333 e. The molecule has 0 fully saturated rings. The summed E-state index contributed by atoms with van der Waals surface area (Å²) in [6.45, 7) is 6.10.